The first kappa shape index (κ1) is 23.2. The average Bonchev–Trinajstić information content (AvgIpc) is 2.76. The highest BCUT2D eigenvalue weighted by Crippen LogP contribution is 2.15. The van der Waals surface area contributed by atoms with Crippen LogP contribution >= 0.6 is 0 Å². The number of pyridine rings is 1. The lowest BCUT2D eigenvalue weighted by Crippen LogP contribution is -1.97. The van der Waals surface area contributed by atoms with E-state index in [0.717, 1.165) is 30.9 Å². The van der Waals surface area contributed by atoms with E-state index < -0.39 is 0 Å². The molecule has 0 saturated heterocycles. The number of ether oxygens (including phenoxy) is 1. The molecule has 0 amide bonds. The van der Waals surface area contributed by atoms with Crippen molar-refractivity contribution in [3.63, 3.8) is 0 Å². The van der Waals surface area contributed by atoms with Gasteiger partial charge in [-0.15, -0.1) is 0 Å². The smallest absolute Gasteiger partial charge is 0.119 e. The summed E-state index contributed by atoms with van der Waals surface area (Å²) in [4.78, 5) is 4.59. The van der Waals surface area contributed by atoms with Gasteiger partial charge in [0, 0.05) is 6.20 Å². The number of benzene rings is 1. The van der Waals surface area contributed by atoms with Crippen LogP contribution in [-0.4, -0.2) is 11.6 Å². The molecule has 0 aliphatic heterocycles. The number of hydrogen-bond acceptors (Lipinski definition) is 2. The molecule has 0 saturated carbocycles. The summed E-state index contributed by atoms with van der Waals surface area (Å²) in [6, 6.07) is 12.7. The van der Waals surface area contributed by atoms with Crippen molar-refractivity contribution < 1.29 is 4.74 Å². The zero-order valence-electron chi connectivity index (χ0n) is 18.5. The molecular formula is C27H39NO. The SMILES string of the molecule is CCCCCCCOc1ccc(/C=C/c2ccc(CCCCCCC)cn2)cc1. The van der Waals surface area contributed by atoms with Crippen LogP contribution in [0.15, 0.2) is 42.6 Å². The van der Waals surface area contributed by atoms with Crippen LogP contribution in [0.25, 0.3) is 12.2 Å². The van der Waals surface area contributed by atoms with Crippen LogP contribution in [0.5, 0.6) is 5.75 Å². The molecule has 0 fully saturated rings. The predicted molar refractivity (Wildman–Crippen MR) is 126 cm³/mol. The van der Waals surface area contributed by atoms with Gasteiger partial charge in [0.1, 0.15) is 5.75 Å². The number of aromatic nitrogens is 1. The molecule has 0 bridgehead atoms. The average molecular weight is 394 g/mol. The van der Waals surface area contributed by atoms with Gasteiger partial charge in [-0.05, 0) is 54.7 Å². The molecule has 0 aliphatic rings. The maximum atomic E-state index is 5.83. The largest absolute Gasteiger partial charge is 0.494 e. The lowest BCUT2D eigenvalue weighted by atomic mass is 10.1. The Bertz CT molecular complexity index is 673. The molecule has 2 heteroatoms. The first-order valence-corrected chi connectivity index (χ1v) is 11.7. The van der Waals surface area contributed by atoms with E-state index in [-0.39, 0.29) is 0 Å². The minimum Gasteiger partial charge on any atom is -0.494 e. The van der Waals surface area contributed by atoms with Crippen molar-refractivity contribution in [3.05, 3.63) is 59.4 Å². The van der Waals surface area contributed by atoms with E-state index in [1.165, 1.54) is 68.9 Å². The topological polar surface area (TPSA) is 22.1 Å². The van der Waals surface area contributed by atoms with Crippen molar-refractivity contribution in [1.82, 2.24) is 4.98 Å². The monoisotopic (exact) mass is 393 g/mol. The minimum absolute atomic E-state index is 0.813. The predicted octanol–water partition coefficient (Wildman–Crippen LogP) is 8.11. The van der Waals surface area contributed by atoms with Gasteiger partial charge in [-0.2, -0.15) is 0 Å². The van der Waals surface area contributed by atoms with E-state index in [0.29, 0.717) is 0 Å². The Morgan fingerprint density at radius 3 is 2.07 bits per heavy atom. The maximum Gasteiger partial charge on any atom is 0.119 e. The van der Waals surface area contributed by atoms with E-state index in [9.17, 15) is 0 Å². The van der Waals surface area contributed by atoms with Crippen LogP contribution in [0.4, 0.5) is 0 Å². The second kappa shape index (κ2) is 14.8. The highest BCUT2D eigenvalue weighted by atomic mass is 16.5. The molecule has 0 radical (unpaired) electrons. The fourth-order valence-electron chi connectivity index (χ4n) is 3.37. The lowest BCUT2D eigenvalue weighted by Gasteiger charge is -2.06. The first-order chi connectivity index (χ1) is 14.3. The first-order valence-electron chi connectivity index (χ1n) is 11.7. The van der Waals surface area contributed by atoms with Gasteiger partial charge < -0.3 is 4.74 Å². The lowest BCUT2D eigenvalue weighted by molar-refractivity contribution is 0.304. The number of unbranched alkanes of at least 4 members (excludes halogenated alkanes) is 8. The van der Waals surface area contributed by atoms with Gasteiger partial charge in [0.25, 0.3) is 0 Å². The highest BCUT2D eigenvalue weighted by molar-refractivity contribution is 5.68. The fourth-order valence-corrected chi connectivity index (χ4v) is 3.37. The van der Waals surface area contributed by atoms with Gasteiger partial charge in [-0.25, -0.2) is 0 Å². The minimum atomic E-state index is 0.813. The van der Waals surface area contributed by atoms with Crippen LogP contribution < -0.4 is 4.74 Å². The van der Waals surface area contributed by atoms with Crippen molar-refractivity contribution in [1.29, 1.82) is 0 Å². The van der Waals surface area contributed by atoms with E-state index in [1.807, 2.05) is 6.20 Å². The van der Waals surface area contributed by atoms with Gasteiger partial charge in [-0.1, -0.05) is 89.5 Å². The third-order valence-corrected chi connectivity index (χ3v) is 5.26. The molecule has 2 rings (SSSR count). The van der Waals surface area contributed by atoms with Crippen molar-refractivity contribution in [2.75, 3.05) is 6.61 Å². The summed E-state index contributed by atoms with van der Waals surface area (Å²) in [5.41, 5.74) is 3.52. The Morgan fingerprint density at radius 2 is 1.41 bits per heavy atom. The summed E-state index contributed by atoms with van der Waals surface area (Å²) in [5, 5.41) is 0. The zero-order chi connectivity index (χ0) is 20.6. The van der Waals surface area contributed by atoms with Crippen LogP contribution in [0.3, 0.4) is 0 Å². The van der Waals surface area contributed by atoms with Crippen LogP contribution in [0.1, 0.15) is 94.9 Å². The van der Waals surface area contributed by atoms with Crippen molar-refractivity contribution in [2.45, 2.75) is 84.5 Å². The van der Waals surface area contributed by atoms with E-state index >= 15 is 0 Å². The summed E-state index contributed by atoms with van der Waals surface area (Å²) in [6.45, 7) is 5.32. The summed E-state index contributed by atoms with van der Waals surface area (Å²) >= 11 is 0. The number of hydrogen-bond donors (Lipinski definition) is 0. The van der Waals surface area contributed by atoms with Gasteiger partial charge in [0.2, 0.25) is 0 Å². The van der Waals surface area contributed by atoms with Crippen LogP contribution in [0, 0.1) is 0 Å². The van der Waals surface area contributed by atoms with Gasteiger partial charge in [-0.3, -0.25) is 4.98 Å². The summed E-state index contributed by atoms with van der Waals surface area (Å²) in [6.07, 6.45) is 20.3. The Kier molecular flexibility index (Phi) is 11.9. The third-order valence-electron chi connectivity index (χ3n) is 5.26. The van der Waals surface area contributed by atoms with Crippen molar-refractivity contribution in [2.24, 2.45) is 0 Å². The number of rotatable bonds is 15. The second-order valence-electron chi connectivity index (χ2n) is 7.92. The zero-order valence-corrected chi connectivity index (χ0v) is 18.5. The van der Waals surface area contributed by atoms with Gasteiger partial charge in [0.05, 0.1) is 12.3 Å². The third kappa shape index (κ3) is 10.3. The Balaban J connectivity index is 1.70. The van der Waals surface area contributed by atoms with Crippen molar-refractivity contribution >= 4 is 12.2 Å². The van der Waals surface area contributed by atoms with Gasteiger partial charge in [0.15, 0.2) is 0 Å². The van der Waals surface area contributed by atoms with Crippen molar-refractivity contribution in [3.8, 4) is 5.75 Å². The van der Waals surface area contributed by atoms with Gasteiger partial charge >= 0.3 is 0 Å². The standard InChI is InChI=1S/C27H39NO/c1-3-5-7-9-11-13-25-15-19-26(28-23-25)18-14-24-16-20-27(21-17-24)29-22-12-10-8-6-4-2/h14-21,23H,3-13,22H2,1-2H3/b18-14+. The molecule has 0 atom stereocenters. The fraction of sp³-hybridized carbons (Fsp3) is 0.519. The highest BCUT2D eigenvalue weighted by Gasteiger charge is 1.97. The maximum absolute atomic E-state index is 5.83. The molecule has 1 heterocycles. The quantitative estimate of drug-likeness (QED) is 0.285. The molecule has 29 heavy (non-hydrogen) atoms. The molecule has 1 aromatic carbocycles. The molecule has 158 valence electrons. The normalized spacial score (nSPS) is 11.2. The van der Waals surface area contributed by atoms with E-state index in [2.05, 4.69) is 67.4 Å². The second-order valence-corrected chi connectivity index (χ2v) is 7.92. The molecular weight excluding hydrogens is 354 g/mol. The molecule has 0 N–H and O–H groups in total. The Hall–Kier alpha value is -2.09. The molecule has 2 aromatic rings. The molecule has 0 spiro atoms. The molecule has 1 aromatic heterocycles. The number of aryl methyl sites for hydroxylation is 1. The molecule has 0 unspecified atom stereocenters. The van der Waals surface area contributed by atoms with Crippen LogP contribution in [0.2, 0.25) is 0 Å². The Morgan fingerprint density at radius 1 is 0.724 bits per heavy atom. The molecule has 2 nitrogen and oxygen atoms in total. The number of nitrogens with zero attached hydrogens (tertiary/aromatic N) is 1. The molecule has 0 aliphatic carbocycles. The van der Waals surface area contributed by atoms with E-state index in [4.69, 9.17) is 4.74 Å². The van der Waals surface area contributed by atoms with Crippen LogP contribution in [-0.2, 0) is 6.42 Å². The van der Waals surface area contributed by atoms with E-state index in [1.54, 1.807) is 0 Å². The Labute approximate surface area is 178 Å². The summed E-state index contributed by atoms with van der Waals surface area (Å²) in [7, 11) is 0. The summed E-state index contributed by atoms with van der Waals surface area (Å²) in [5.74, 6) is 0.957. The summed E-state index contributed by atoms with van der Waals surface area (Å²) < 4.78 is 5.83.